The monoisotopic (exact) mass is 296 g/mol. The van der Waals surface area contributed by atoms with E-state index in [0.29, 0.717) is 36.2 Å². The minimum atomic E-state index is -0.326. The van der Waals surface area contributed by atoms with Crippen LogP contribution in [0.2, 0.25) is 0 Å². The number of rotatable bonds is 2. The Morgan fingerprint density at radius 1 is 1.23 bits per heavy atom. The van der Waals surface area contributed by atoms with Crippen molar-refractivity contribution in [2.75, 3.05) is 18.5 Å². The number of imidazole rings is 1. The predicted octanol–water partition coefficient (Wildman–Crippen LogP) is 1.75. The normalized spacial score (nSPS) is 13.1. The van der Waals surface area contributed by atoms with Crippen molar-refractivity contribution in [2.24, 2.45) is 0 Å². The first-order valence-corrected chi connectivity index (χ1v) is 6.81. The van der Waals surface area contributed by atoms with Crippen molar-refractivity contribution in [2.45, 2.75) is 0 Å². The summed E-state index contributed by atoms with van der Waals surface area (Å²) in [7, 11) is 0. The number of amides is 1. The quantitative estimate of drug-likeness (QED) is 0.779. The average Bonchev–Trinajstić information content (AvgIpc) is 2.99. The molecule has 0 radical (unpaired) electrons. The van der Waals surface area contributed by atoms with Crippen LogP contribution < -0.4 is 14.8 Å². The molecular formula is C15H12N4O3. The number of aromatic nitrogens is 3. The molecular weight excluding hydrogens is 284 g/mol. The fourth-order valence-corrected chi connectivity index (χ4v) is 2.30. The van der Waals surface area contributed by atoms with Crippen molar-refractivity contribution in [1.82, 2.24) is 14.4 Å². The van der Waals surface area contributed by atoms with Gasteiger partial charge < -0.3 is 14.8 Å². The van der Waals surface area contributed by atoms with Gasteiger partial charge in [-0.3, -0.25) is 9.20 Å². The van der Waals surface area contributed by atoms with Crippen molar-refractivity contribution >= 4 is 17.4 Å². The zero-order valence-corrected chi connectivity index (χ0v) is 11.5. The van der Waals surface area contributed by atoms with Crippen molar-refractivity contribution in [3.05, 3.63) is 48.5 Å². The lowest BCUT2D eigenvalue weighted by Crippen LogP contribution is -2.18. The summed E-state index contributed by atoms with van der Waals surface area (Å²) in [6.45, 7) is 0.959. The molecule has 0 bridgehead atoms. The van der Waals surface area contributed by atoms with Gasteiger partial charge in [-0.05, 0) is 18.2 Å². The Hall–Kier alpha value is -3.09. The van der Waals surface area contributed by atoms with Gasteiger partial charge in [0.25, 0.3) is 5.91 Å². The van der Waals surface area contributed by atoms with E-state index in [2.05, 4.69) is 15.3 Å². The molecule has 1 aromatic carbocycles. The number of para-hydroxylation sites is 1. The van der Waals surface area contributed by atoms with Crippen molar-refractivity contribution in [1.29, 1.82) is 0 Å². The van der Waals surface area contributed by atoms with Gasteiger partial charge in [0, 0.05) is 18.6 Å². The third-order valence-corrected chi connectivity index (χ3v) is 3.28. The molecule has 0 spiro atoms. The molecule has 0 saturated heterocycles. The second-order valence-corrected chi connectivity index (χ2v) is 4.74. The Labute approximate surface area is 125 Å². The highest BCUT2D eigenvalue weighted by atomic mass is 16.6. The minimum Gasteiger partial charge on any atom is -0.486 e. The van der Waals surface area contributed by atoms with Gasteiger partial charge in [0.05, 0.1) is 5.69 Å². The summed E-state index contributed by atoms with van der Waals surface area (Å²) in [6, 6.07) is 7.14. The van der Waals surface area contributed by atoms with Gasteiger partial charge in [-0.25, -0.2) is 9.97 Å². The number of hydrogen-bond donors (Lipinski definition) is 1. The van der Waals surface area contributed by atoms with Crippen LogP contribution in [-0.2, 0) is 0 Å². The van der Waals surface area contributed by atoms with E-state index in [0.717, 1.165) is 0 Å². The number of benzene rings is 1. The lowest BCUT2D eigenvalue weighted by molar-refractivity contribution is 0.102. The maximum absolute atomic E-state index is 12.4. The Morgan fingerprint density at radius 2 is 2.14 bits per heavy atom. The third kappa shape index (κ3) is 2.12. The van der Waals surface area contributed by atoms with E-state index in [4.69, 9.17) is 9.47 Å². The van der Waals surface area contributed by atoms with Gasteiger partial charge in [-0.1, -0.05) is 6.07 Å². The van der Waals surface area contributed by atoms with E-state index in [1.165, 1.54) is 0 Å². The molecule has 0 aliphatic carbocycles. The molecule has 1 amide bonds. The second kappa shape index (κ2) is 5.03. The third-order valence-electron chi connectivity index (χ3n) is 3.28. The smallest absolute Gasteiger partial charge is 0.276 e. The lowest BCUT2D eigenvalue weighted by atomic mass is 10.2. The number of ether oxygens (including phenoxy) is 2. The first-order valence-electron chi connectivity index (χ1n) is 6.81. The number of nitrogens with one attached hydrogen (secondary N) is 1. The van der Waals surface area contributed by atoms with Crippen LogP contribution in [0.3, 0.4) is 0 Å². The van der Waals surface area contributed by atoms with E-state index in [9.17, 15) is 4.79 Å². The maximum atomic E-state index is 12.4. The molecule has 1 aliphatic rings. The molecule has 7 nitrogen and oxygen atoms in total. The van der Waals surface area contributed by atoms with Gasteiger partial charge in [0.15, 0.2) is 11.5 Å². The van der Waals surface area contributed by atoms with Crippen LogP contribution in [0.15, 0.2) is 42.9 Å². The molecule has 3 heterocycles. The molecule has 7 heteroatoms. The molecule has 3 aromatic rings. The van der Waals surface area contributed by atoms with Crippen molar-refractivity contribution in [3.63, 3.8) is 0 Å². The van der Waals surface area contributed by atoms with Crippen LogP contribution >= 0.6 is 0 Å². The highest BCUT2D eigenvalue weighted by molar-refractivity contribution is 6.04. The zero-order chi connectivity index (χ0) is 14.9. The number of anilines is 1. The van der Waals surface area contributed by atoms with Gasteiger partial charge >= 0.3 is 0 Å². The van der Waals surface area contributed by atoms with E-state index in [-0.39, 0.29) is 11.6 Å². The largest absolute Gasteiger partial charge is 0.486 e. The number of carbonyl (C=O) groups is 1. The number of carbonyl (C=O) groups excluding carboxylic acids is 1. The topological polar surface area (TPSA) is 77.8 Å². The summed E-state index contributed by atoms with van der Waals surface area (Å²) in [4.78, 5) is 20.6. The Bertz CT molecular complexity index is 826. The van der Waals surface area contributed by atoms with Crippen LogP contribution in [0.4, 0.5) is 5.69 Å². The summed E-state index contributed by atoms with van der Waals surface area (Å²) in [6.07, 6.45) is 5.04. The molecule has 110 valence electrons. The van der Waals surface area contributed by atoms with Gasteiger partial charge in [-0.15, -0.1) is 0 Å². The van der Waals surface area contributed by atoms with E-state index < -0.39 is 0 Å². The van der Waals surface area contributed by atoms with Crippen LogP contribution in [0.5, 0.6) is 11.5 Å². The molecule has 0 fully saturated rings. The highest BCUT2D eigenvalue weighted by Gasteiger charge is 2.19. The highest BCUT2D eigenvalue weighted by Crippen LogP contribution is 2.37. The van der Waals surface area contributed by atoms with Crippen LogP contribution in [0, 0.1) is 0 Å². The first kappa shape index (κ1) is 12.6. The average molecular weight is 296 g/mol. The molecule has 1 aliphatic heterocycles. The van der Waals surface area contributed by atoms with Crippen LogP contribution in [-0.4, -0.2) is 33.5 Å². The molecule has 1 N–H and O–H groups in total. The first-order chi connectivity index (χ1) is 10.8. The van der Waals surface area contributed by atoms with E-state index in [1.54, 1.807) is 47.3 Å². The fraction of sp³-hybridized carbons (Fsp3) is 0.133. The zero-order valence-electron chi connectivity index (χ0n) is 11.5. The Balaban J connectivity index is 1.64. The SMILES string of the molecule is O=C(Nc1cccc2c1OCCO2)c1cn2cccnc2n1. The summed E-state index contributed by atoms with van der Waals surface area (Å²) < 4.78 is 12.8. The lowest BCUT2D eigenvalue weighted by Gasteiger charge is -2.20. The molecule has 4 rings (SSSR count). The number of fused-ring (bicyclic) bond motifs is 2. The standard InChI is InChI=1S/C15H12N4O3/c20-14(11-9-19-6-2-5-16-15(19)18-11)17-10-3-1-4-12-13(10)22-8-7-21-12/h1-6,9H,7-8H2,(H,17,20). The fourth-order valence-electron chi connectivity index (χ4n) is 2.30. The molecule has 2 aromatic heterocycles. The Morgan fingerprint density at radius 3 is 3.05 bits per heavy atom. The van der Waals surface area contributed by atoms with Crippen LogP contribution in [0.25, 0.3) is 5.78 Å². The van der Waals surface area contributed by atoms with Crippen molar-refractivity contribution in [3.8, 4) is 11.5 Å². The van der Waals surface area contributed by atoms with Crippen LogP contribution in [0.1, 0.15) is 10.5 Å². The van der Waals surface area contributed by atoms with Gasteiger partial charge in [0.1, 0.15) is 18.9 Å². The summed E-state index contributed by atoms with van der Waals surface area (Å²) >= 11 is 0. The molecule has 0 saturated carbocycles. The maximum Gasteiger partial charge on any atom is 0.276 e. The number of nitrogens with zero attached hydrogens (tertiary/aromatic N) is 3. The summed E-state index contributed by atoms with van der Waals surface area (Å²) in [5.41, 5.74) is 0.847. The Kier molecular flexibility index (Phi) is 2.89. The summed E-state index contributed by atoms with van der Waals surface area (Å²) in [5, 5.41) is 2.80. The van der Waals surface area contributed by atoms with E-state index >= 15 is 0 Å². The van der Waals surface area contributed by atoms with Crippen molar-refractivity contribution < 1.29 is 14.3 Å². The molecule has 22 heavy (non-hydrogen) atoms. The second-order valence-electron chi connectivity index (χ2n) is 4.74. The molecule has 0 unspecified atom stereocenters. The predicted molar refractivity (Wildman–Crippen MR) is 78.4 cm³/mol. The molecule has 0 atom stereocenters. The summed E-state index contributed by atoms with van der Waals surface area (Å²) in [5.74, 6) is 1.32. The van der Waals surface area contributed by atoms with Gasteiger partial charge in [0.2, 0.25) is 5.78 Å². The minimum absolute atomic E-state index is 0.285. The van der Waals surface area contributed by atoms with E-state index in [1.807, 2.05) is 0 Å². The van der Waals surface area contributed by atoms with Gasteiger partial charge in [-0.2, -0.15) is 0 Å². The number of hydrogen-bond acceptors (Lipinski definition) is 5.